The van der Waals surface area contributed by atoms with Crippen LogP contribution in [-0.2, 0) is 4.79 Å². The highest BCUT2D eigenvalue weighted by molar-refractivity contribution is 7.17. The van der Waals surface area contributed by atoms with Crippen LogP contribution < -0.4 is 10.2 Å². The first-order chi connectivity index (χ1) is 19.7. The monoisotopic (exact) mass is 580 g/mol. The van der Waals surface area contributed by atoms with E-state index < -0.39 is 6.04 Å². The Morgan fingerprint density at radius 2 is 1.88 bits per heavy atom. The Morgan fingerprint density at radius 1 is 1.15 bits per heavy atom. The maximum absolute atomic E-state index is 13.1. The molecule has 0 fully saturated rings. The smallest absolute Gasteiger partial charge is 0.227 e. The number of thiophene rings is 1. The second-order valence-corrected chi connectivity index (χ2v) is 10.8. The van der Waals surface area contributed by atoms with Crippen LogP contribution in [-0.4, -0.2) is 39.4 Å². The van der Waals surface area contributed by atoms with E-state index in [0.29, 0.717) is 21.4 Å². The zero-order chi connectivity index (χ0) is 29.1. The molecule has 204 valence electrons. The Bertz CT molecular complexity index is 1740. The molecule has 1 aliphatic heterocycles. The number of carbonyl (C=O) groups excluding carboxylic acids is 1. The molecule has 8 nitrogen and oxygen atoms in total. The number of anilines is 2. The number of amides is 1. The number of aromatic hydroxyl groups is 1. The highest BCUT2D eigenvalue weighted by Gasteiger charge is 2.35. The number of pyridine rings is 1. The number of carbonyl (C=O) groups is 1. The summed E-state index contributed by atoms with van der Waals surface area (Å²) in [6.45, 7) is 3.56. The van der Waals surface area contributed by atoms with Gasteiger partial charge in [0.2, 0.25) is 5.91 Å². The molecule has 2 aromatic heterocycles. The molecule has 0 aliphatic carbocycles. The molecule has 3 heterocycles. The van der Waals surface area contributed by atoms with Gasteiger partial charge in [0.1, 0.15) is 28.5 Å². The van der Waals surface area contributed by atoms with Crippen molar-refractivity contribution in [2.75, 3.05) is 10.2 Å². The summed E-state index contributed by atoms with van der Waals surface area (Å²) in [5.41, 5.74) is 4.27. The average molecular weight is 581 g/mol. The van der Waals surface area contributed by atoms with Gasteiger partial charge in [0.25, 0.3) is 0 Å². The van der Waals surface area contributed by atoms with E-state index in [0.717, 1.165) is 27.1 Å². The van der Waals surface area contributed by atoms with Gasteiger partial charge in [-0.05, 0) is 67.9 Å². The molecule has 0 saturated carbocycles. The molecule has 0 radical (unpaired) electrons. The van der Waals surface area contributed by atoms with Crippen LogP contribution in [0.3, 0.4) is 0 Å². The van der Waals surface area contributed by atoms with Crippen LogP contribution in [0.1, 0.15) is 40.5 Å². The number of aliphatic imine (C=N–C) groups is 1. The second kappa shape index (κ2) is 11.8. The Morgan fingerprint density at radius 3 is 2.54 bits per heavy atom. The molecule has 5 rings (SSSR count). The van der Waals surface area contributed by atoms with Crippen LogP contribution in [0, 0.1) is 29.6 Å². The Labute approximate surface area is 246 Å². The minimum atomic E-state index is -0.873. The van der Waals surface area contributed by atoms with E-state index in [1.54, 1.807) is 43.6 Å². The number of hydrogen-bond acceptors (Lipinski definition) is 7. The van der Waals surface area contributed by atoms with E-state index in [4.69, 9.17) is 27.4 Å². The number of amidine groups is 2. The summed E-state index contributed by atoms with van der Waals surface area (Å²) in [4.78, 5) is 24.5. The largest absolute Gasteiger partial charge is 0.508 e. The molecule has 0 saturated heterocycles. The van der Waals surface area contributed by atoms with Gasteiger partial charge in [-0.2, -0.15) is 0 Å². The van der Waals surface area contributed by atoms with Gasteiger partial charge in [-0.1, -0.05) is 35.6 Å². The summed E-state index contributed by atoms with van der Waals surface area (Å²) >= 11 is 7.57. The number of phenolic OH excluding ortho intramolecular Hbond substituents is 1. The van der Waals surface area contributed by atoms with E-state index in [1.165, 1.54) is 28.4 Å². The summed E-state index contributed by atoms with van der Waals surface area (Å²) in [7, 11) is 0. The van der Waals surface area contributed by atoms with Crippen molar-refractivity contribution in [3.05, 3.63) is 105 Å². The van der Waals surface area contributed by atoms with Crippen LogP contribution >= 0.6 is 22.9 Å². The van der Waals surface area contributed by atoms with Crippen molar-refractivity contribution in [1.82, 2.24) is 4.98 Å². The van der Waals surface area contributed by atoms with Crippen LogP contribution in [0.25, 0.3) is 0 Å². The number of rotatable bonds is 4. The van der Waals surface area contributed by atoms with Crippen molar-refractivity contribution in [2.24, 2.45) is 4.99 Å². The van der Waals surface area contributed by atoms with Gasteiger partial charge >= 0.3 is 0 Å². The zero-order valence-corrected chi connectivity index (χ0v) is 23.8. The summed E-state index contributed by atoms with van der Waals surface area (Å²) in [5, 5.41) is 31.3. The fourth-order valence-corrected chi connectivity index (χ4v) is 5.75. The summed E-state index contributed by atoms with van der Waals surface area (Å²) in [6.07, 6.45) is 3.26. The molecule has 1 aliphatic rings. The molecule has 0 unspecified atom stereocenters. The molecular weight excluding hydrogens is 556 g/mol. The SMILES string of the molecule is CC(=N)N1C(=N)[C@H](CC(=O)Nc2ccc(O)cc2)N=C(c2ccc(Cl)cc2)c2c1sc(C#Cc1cccnc1)c2C. The predicted molar refractivity (Wildman–Crippen MR) is 165 cm³/mol. The van der Waals surface area contributed by atoms with Crippen molar-refractivity contribution < 1.29 is 9.90 Å². The lowest BCUT2D eigenvalue weighted by molar-refractivity contribution is -0.116. The van der Waals surface area contributed by atoms with Crippen molar-refractivity contribution in [3.8, 4) is 17.6 Å². The van der Waals surface area contributed by atoms with Gasteiger partial charge in [-0.3, -0.25) is 30.5 Å². The topological polar surface area (TPSA) is 126 Å². The number of fused-ring (bicyclic) bond motifs is 1. The first kappa shape index (κ1) is 27.8. The van der Waals surface area contributed by atoms with Crippen LogP contribution in [0.15, 0.2) is 78.0 Å². The molecule has 1 atom stereocenters. The minimum Gasteiger partial charge on any atom is -0.508 e. The lowest BCUT2D eigenvalue weighted by Crippen LogP contribution is -2.41. The normalized spacial score (nSPS) is 14.3. The van der Waals surface area contributed by atoms with Gasteiger partial charge in [-0.15, -0.1) is 11.3 Å². The standard InChI is InChI=1S/C31H25ClN6O2S/c1-18-26(14-5-20-4-3-15-35-17-20)41-31-28(18)29(21-6-8-22(32)9-7-21)37-25(30(34)38(31)19(2)33)16-27(40)36-23-10-12-24(39)13-11-23/h3-4,6-13,15,17,25,33-34,39H,16H2,1-2H3,(H,36,40)/t25-/m0/s1. The maximum atomic E-state index is 13.1. The highest BCUT2D eigenvalue weighted by Crippen LogP contribution is 2.40. The van der Waals surface area contributed by atoms with E-state index in [2.05, 4.69) is 22.1 Å². The first-order valence-corrected chi connectivity index (χ1v) is 13.8. The fourth-order valence-electron chi connectivity index (χ4n) is 4.39. The lowest BCUT2D eigenvalue weighted by Gasteiger charge is -2.24. The van der Waals surface area contributed by atoms with E-state index in [1.807, 2.05) is 31.2 Å². The fraction of sp³-hybridized carbons (Fsp3) is 0.129. The molecule has 10 heteroatoms. The number of hydrogen-bond donors (Lipinski definition) is 4. The molecule has 1 amide bonds. The predicted octanol–water partition coefficient (Wildman–Crippen LogP) is 6.24. The van der Waals surface area contributed by atoms with E-state index >= 15 is 0 Å². The molecule has 0 spiro atoms. The van der Waals surface area contributed by atoms with Crippen molar-refractivity contribution >= 4 is 56.9 Å². The number of halogens is 1. The molecular formula is C31H25ClN6O2S. The summed E-state index contributed by atoms with van der Waals surface area (Å²) in [6, 6.07) is 16.2. The van der Waals surface area contributed by atoms with Gasteiger partial charge in [0.05, 0.1) is 17.0 Å². The van der Waals surface area contributed by atoms with Crippen molar-refractivity contribution in [1.29, 1.82) is 10.8 Å². The number of nitrogens with one attached hydrogen (secondary N) is 3. The van der Waals surface area contributed by atoms with Gasteiger partial charge in [0, 0.05) is 39.8 Å². The van der Waals surface area contributed by atoms with Crippen molar-refractivity contribution in [2.45, 2.75) is 26.3 Å². The van der Waals surface area contributed by atoms with E-state index in [9.17, 15) is 9.90 Å². The van der Waals surface area contributed by atoms with Gasteiger partial charge < -0.3 is 10.4 Å². The number of aromatic nitrogens is 1. The second-order valence-electron chi connectivity index (χ2n) is 9.33. The number of nitrogens with zero attached hydrogens (tertiary/aromatic N) is 3. The third-order valence-corrected chi connectivity index (χ3v) is 7.82. The third-order valence-electron chi connectivity index (χ3n) is 6.37. The molecule has 4 aromatic rings. The Balaban J connectivity index is 1.61. The minimum absolute atomic E-state index is 0.0107. The molecule has 41 heavy (non-hydrogen) atoms. The number of phenols is 1. The van der Waals surface area contributed by atoms with Gasteiger partial charge in [0.15, 0.2) is 0 Å². The highest BCUT2D eigenvalue weighted by atomic mass is 35.5. The van der Waals surface area contributed by atoms with Crippen LogP contribution in [0.2, 0.25) is 5.02 Å². The lowest BCUT2D eigenvalue weighted by atomic mass is 9.99. The number of benzene rings is 2. The quantitative estimate of drug-likeness (QED) is 0.0986. The molecule has 0 bridgehead atoms. The van der Waals surface area contributed by atoms with E-state index in [-0.39, 0.29) is 29.7 Å². The Hall–Kier alpha value is -4.78. The zero-order valence-electron chi connectivity index (χ0n) is 22.2. The first-order valence-electron chi connectivity index (χ1n) is 12.6. The summed E-state index contributed by atoms with van der Waals surface area (Å²) in [5.74, 6) is 6.27. The maximum Gasteiger partial charge on any atom is 0.227 e. The third kappa shape index (κ3) is 6.04. The Kier molecular flexibility index (Phi) is 7.97. The van der Waals surface area contributed by atoms with Crippen LogP contribution in [0.4, 0.5) is 10.7 Å². The van der Waals surface area contributed by atoms with Gasteiger partial charge in [-0.25, -0.2) is 0 Å². The van der Waals surface area contributed by atoms with Crippen molar-refractivity contribution in [3.63, 3.8) is 0 Å². The summed E-state index contributed by atoms with van der Waals surface area (Å²) < 4.78 is 0. The molecule has 4 N–H and O–H groups in total. The van der Waals surface area contributed by atoms with Crippen LogP contribution in [0.5, 0.6) is 5.75 Å². The molecule has 2 aromatic carbocycles. The average Bonchev–Trinajstić information content (AvgIpc) is 3.20.